The molecule has 0 spiro atoms. The van der Waals surface area contributed by atoms with Gasteiger partial charge in [-0.05, 0) is 33.3 Å². The van der Waals surface area contributed by atoms with Crippen molar-refractivity contribution in [2.75, 3.05) is 19.7 Å². The number of rotatable bonds is 4. The van der Waals surface area contributed by atoms with Crippen LogP contribution in [0.15, 0.2) is 18.2 Å². The Morgan fingerprint density at radius 2 is 2.00 bits per heavy atom. The number of hydrogen-bond acceptors (Lipinski definition) is 5. The Hall–Kier alpha value is -2.21. The minimum Gasteiger partial charge on any atom is -0.489 e. The van der Waals surface area contributed by atoms with E-state index in [-0.39, 0.29) is 18.0 Å². The number of likely N-dealkylation sites (tertiary alicyclic amines) is 1. The third-order valence-corrected chi connectivity index (χ3v) is 5.13. The second-order valence-corrected chi connectivity index (χ2v) is 7.20. The van der Waals surface area contributed by atoms with Crippen LogP contribution < -0.4 is 9.47 Å². The Morgan fingerprint density at radius 1 is 1.23 bits per heavy atom. The first-order valence-corrected chi connectivity index (χ1v) is 9.17. The van der Waals surface area contributed by atoms with Crippen LogP contribution in [0.4, 0.5) is 4.39 Å². The van der Waals surface area contributed by atoms with Crippen LogP contribution in [0.2, 0.25) is 0 Å². The fourth-order valence-electron chi connectivity index (χ4n) is 3.81. The van der Waals surface area contributed by atoms with E-state index in [0.29, 0.717) is 18.2 Å². The van der Waals surface area contributed by atoms with Gasteiger partial charge in [-0.25, -0.2) is 9.37 Å². The van der Waals surface area contributed by atoms with Gasteiger partial charge in [0.1, 0.15) is 17.7 Å². The molecule has 0 saturated carbocycles. The van der Waals surface area contributed by atoms with Crippen LogP contribution in [-0.4, -0.2) is 40.7 Å². The summed E-state index contributed by atoms with van der Waals surface area (Å²) in [7, 11) is 0. The Kier molecular flexibility index (Phi) is 4.53. The van der Waals surface area contributed by atoms with Gasteiger partial charge in [0, 0.05) is 48.6 Å². The van der Waals surface area contributed by atoms with Crippen molar-refractivity contribution in [1.29, 1.82) is 0 Å². The van der Waals surface area contributed by atoms with E-state index >= 15 is 0 Å². The molecular formula is C20H24FN3O2. The molecule has 1 fully saturated rings. The highest BCUT2D eigenvalue weighted by atomic mass is 19.1. The van der Waals surface area contributed by atoms with E-state index < -0.39 is 0 Å². The lowest BCUT2D eigenvalue weighted by Gasteiger charge is -2.24. The first-order valence-electron chi connectivity index (χ1n) is 9.17. The zero-order chi connectivity index (χ0) is 18.3. The van der Waals surface area contributed by atoms with E-state index in [1.807, 2.05) is 32.9 Å². The summed E-state index contributed by atoms with van der Waals surface area (Å²) in [6.45, 7) is 8.12. The van der Waals surface area contributed by atoms with Crippen molar-refractivity contribution in [2.24, 2.45) is 0 Å². The number of halogens is 1. The maximum atomic E-state index is 14.5. The van der Waals surface area contributed by atoms with Crippen molar-refractivity contribution in [3.8, 4) is 11.6 Å². The SMILES string of the molecule is Cc1cc(O[C@@H]2CCN([C@H](C)c3nc4c(cc3F)CCO4)C2)cc(C)n1. The molecule has 0 N–H and O–H groups in total. The highest BCUT2D eigenvalue weighted by Crippen LogP contribution is 2.31. The van der Waals surface area contributed by atoms with Crippen LogP contribution in [0.5, 0.6) is 11.6 Å². The Labute approximate surface area is 153 Å². The maximum Gasteiger partial charge on any atom is 0.217 e. The summed E-state index contributed by atoms with van der Waals surface area (Å²) in [4.78, 5) is 11.0. The van der Waals surface area contributed by atoms with Crippen molar-refractivity contribution in [1.82, 2.24) is 14.9 Å². The van der Waals surface area contributed by atoms with Gasteiger partial charge in [0.25, 0.3) is 0 Å². The normalized spacial score (nSPS) is 20.7. The quantitative estimate of drug-likeness (QED) is 0.839. The fourth-order valence-corrected chi connectivity index (χ4v) is 3.81. The largest absolute Gasteiger partial charge is 0.489 e. The van der Waals surface area contributed by atoms with Crippen LogP contribution in [0.1, 0.15) is 42.0 Å². The summed E-state index contributed by atoms with van der Waals surface area (Å²) in [6.07, 6.45) is 1.74. The summed E-state index contributed by atoms with van der Waals surface area (Å²) in [5.74, 6) is 1.19. The molecule has 4 heterocycles. The van der Waals surface area contributed by atoms with Crippen LogP contribution in [0, 0.1) is 19.7 Å². The lowest BCUT2D eigenvalue weighted by Crippen LogP contribution is -2.28. The van der Waals surface area contributed by atoms with Crippen molar-refractivity contribution < 1.29 is 13.9 Å². The van der Waals surface area contributed by atoms with Gasteiger partial charge in [-0.3, -0.25) is 9.88 Å². The van der Waals surface area contributed by atoms with Crippen LogP contribution in [0.3, 0.4) is 0 Å². The molecule has 1 saturated heterocycles. The molecule has 4 rings (SSSR count). The van der Waals surface area contributed by atoms with Gasteiger partial charge in [-0.15, -0.1) is 0 Å². The molecule has 26 heavy (non-hydrogen) atoms. The molecule has 0 aromatic carbocycles. The van der Waals surface area contributed by atoms with Crippen LogP contribution in [-0.2, 0) is 6.42 Å². The second-order valence-electron chi connectivity index (χ2n) is 7.20. The van der Waals surface area contributed by atoms with Gasteiger partial charge in [-0.2, -0.15) is 0 Å². The molecule has 0 bridgehead atoms. The van der Waals surface area contributed by atoms with Gasteiger partial charge in [0.2, 0.25) is 5.88 Å². The highest BCUT2D eigenvalue weighted by molar-refractivity contribution is 5.33. The smallest absolute Gasteiger partial charge is 0.217 e. The van der Waals surface area contributed by atoms with Crippen molar-refractivity contribution in [3.05, 3.63) is 46.7 Å². The lowest BCUT2D eigenvalue weighted by molar-refractivity contribution is 0.179. The molecule has 2 atom stereocenters. The van der Waals surface area contributed by atoms with Gasteiger partial charge >= 0.3 is 0 Å². The molecule has 2 aromatic rings. The van der Waals surface area contributed by atoms with Crippen LogP contribution >= 0.6 is 0 Å². The van der Waals surface area contributed by atoms with Gasteiger partial charge in [0.05, 0.1) is 18.3 Å². The van der Waals surface area contributed by atoms with E-state index in [4.69, 9.17) is 9.47 Å². The average molecular weight is 357 g/mol. The number of aromatic nitrogens is 2. The molecule has 5 nitrogen and oxygen atoms in total. The Morgan fingerprint density at radius 3 is 2.77 bits per heavy atom. The third-order valence-electron chi connectivity index (χ3n) is 5.13. The number of hydrogen-bond donors (Lipinski definition) is 0. The molecule has 0 aliphatic carbocycles. The van der Waals surface area contributed by atoms with E-state index in [1.54, 1.807) is 6.07 Å². The maximum absolute atomic E-state index is 14.5. The van der Waals surface area contributed by atoms with E-state index in [1.165, 1.54) is 0 Å². The van der Waals surface area contributed by atoms with Gasteiger partial charge < -0.3 is 9.47 Å². The van der Waals surface area contributed by atoms with Crippen molar-refractivity contribution in [3.63, 3.8) is 0 Å². The monoisotopic (exact) mass is 357 g/mol. The molecule has 6 heteroatoms. The van der Waals surface area contributed by atoms with Crippen molar-refractivity contribution in [2.45, 2.75) is 45.8 Å². The molecule has 2 aliphatic heterocycles. The molecule has 2 aromatic heterocycles. The molecule has 0 radical (unpaired) electrons. The zero-order valence-corrected chi connectivity index (χ0v) is 15.5. The van der Waals surface area contributed by atoms with Crippen molar-refractivity contribution >= 4 is 0 Å². The lowest BCUT2D eigenvalue weighted by atomic mass is 10.1. The highest BCUT2D eigenvalue weighted by Gasteiger charge is 2.31. The van der Waals surface area contributed by atoms with E-state index in [0.717, 1.165) is 48.6 Å². The summed E-state index contributed by atoms with van der Waals surface area (Å²) in [6, 6.07) is 5.38. The fraction of sp³-hybridized carbons (Fsp3) is 0.500. The molecule has 2 aliphatic rings. The Bertz CT molecular complexity index is 807. The number of nitrogens with zero attached hydrogens (tertiary/aromatic N) is 3. The summed E-state index contributed by atoms with van der Waals surface area (Å²) in [5, 5.41) is 0. The number of fused-ring (bicyclic) bond motifs is 1. The topological polar surface area (TPSA) is 47.5 Å². The van der Waals surface area contributed by atoms with Crippen LogP contribution in [0.25, 0.3) is 0 Å². The predicted molar refractivity (Wildman–Crippen MR) is 96.1 cm³/mol. The molecule has 138 valence electrons. The molecule has 0 unspecified atom stereocenters. The molecule has 0 amide bonds. The number of pyridine rings is 2. The minimum absolute atomic E-state index is 0.0902. The number of aryl methyl sites for hydroxylation is 2. The zero-order valence-electron chi connectivity index (χ0n) is 15.5. The molecular weight excluding hydrogens is 333 g/mol. The summed E-state index contributed by atoms with van der Waals surface area (Å²) >= 11 is 0. The first kappa shape index (κ1) is 17.2. The minimum atomic E-state index is -0.244. The summed E-state index contributed by atoms with van der Waals surface area (Å²) < 4.78 is 26.1. The predicted octanol–water partition coefficient (Wildman–Crippen LogP) is 3.38. The standard InChI is InChI=1S/C20H24FN3O2/c1-12-8-17(9-13(2)22-12)26-16-4-6-24(11-16)14(3)19-18(21)10-15-5-7-25-20(15)23-19/h8-10,14,16H,4-7,11H2,1-3H3/t14-,16-/m1/s1. The average Bonchev–Trinajstić information content (AvgIpc) is 3.21. The third kappa shape index (κ3) is 3.38. The van der Waals surface area contributed by atoms with Gasteiger partial charge in [-0.1, -0.05) is 0 Å². The van der Waals surface area contributed by atoms with E-state index in [9.17, 15) is 4.39 Å². The first-order chi connectivity index (χ1) is 12.5. The van der Waals surface area contributed by atoms with E-state index in [2.05, 4.69) is 14.9 Å². The van der Waals surface area contributed by atoms with Gasteiger partial charge in [0.15, 0.2) is 0 Å². The second kappa shape index (κ2) is 6.83. The summed E-state index contributed by atoms with van der Waals surface area (Å²) in [5.41, 5.74) is 3.23. The number of ether oxygens (including phenoxy) is 2. The Balaban J connectivity index is 1.45.